The molecule has 0 atom stereocenters. The molecule has 38 heavy (non-hydrogen) atoms. The van der Waals surface area contributed by atoms with Crippen LogP contribution in [-0.4, -0.2) is 62.2 Å². The van der Waals surface area contributed by atoms with E-state index in [1.54, 1.807) is 6.20 Å². The van der Waals surface area contributed by atoms with Gasteiger partial charge in [0.2, 0.25) is 17.8 Å². The van der Waals surface area contributed by atoms with Crippen molar-refractivity contribution < 1.29 is 4.79 Å². The van der Waals surface area contributed by atoms with Gasteiger partial charge in [-0.15, -0.1) is 0 Å². The molecule has 4 aromatic rings. The molecule has 0 spiro atoms. The summed E-state index contributed by atoms with van der Waals surface area (Å²) in [5.41, 5.74) is 2.86. The van der Waals surface area contributed by atoms with Crippen LogP contribution in [0.2, 0.25) is 0 Å². The lowest BCUT2D eigenvalue weighted by atomic mass is 10.3. The molecule has 3 N–H and O–H groups in total. The number of hydrogen-bond acceptors (Lipinski definition) is 10. The van der Waals surface area contributed by atoms with E-state index in [-0.39, 0.29) is 11.8 Å². The molecule has 1 aliphatic carbocycles. The van der Waals surface area contributed by atoms with Crippen LogP contribution in [-0.2, 0) is 4.79 Å². The van der Waals surface area contributed by atoms with E-state index in [2.05, 4.69) is 46.7 Å². The molecule has 0 bridgehead atoms. The lowest BCUT2D eigenvalue weighted by Crippen LogP contribution is -2.47. The highest BCUT2D eigenvalue weighted by molar-refractivity contribution is 7.99. The molecule has 0 radical (unpaired) electrons. The van der Waals surface area contributed by atoms with E-state index in [0.29, 0.717) is 22.9 Å². The number of nitrogens with one attached hydrogen (secondary N) is 3. The van der Waals surface area contributed by atoms with E-state index in [1.807, 2.05) is 49.5 Å². The minimum atomic E-state index is 0.0976. The lowest BCUT2D eigenvalue weighted by Gasteiger charge is -2.35. The van der Waals surface area contributed by atoms with E-state index in [1.165, 1.54) is 11.8 Å². The Bertz CT molecular complexity index is 1400. The number of aromatic amines is 1. The van der Waals surface area contributed by atoms with Gasteiger partial charge < -0.3 is 20.4 Å². The summed E-state index contributed by atoms with van der Waals surface area (Å²) in [6.07, 6.45) is 5.64. The third kappa shape index (κ3) is 5.86. The van der Waals surface area contributed by atoms with E-state index in [0.717, 1.165) is 61.0 Å². The molecule has 1 amide bonds. The molecule has 1 saturated heterocycles. The van der Waals surface area contributed by atoms with Gasteiger partial charge >= 0.3 is 0 Å². The van der Waals surface area contributed by atoms with Crippen LogP contribution in [0.15, 0.2) is 64.9 Å². The second kappa shape index (κ2) is 10.7. The third-order valence-corrected chi connectivity index (χ3v) is 7.27. The standard InChI is InChI=1S/C26H28N10OS/c1-17-15-22(34-33-17)29-24-30-25(36-13-11-35(12-14-36)20-3-2-10-27-16-20)32-26(31-24)38-21-8-6-19(7-9-21)28-23(37)18-4-5-18/h2-3,6-10,15-16,18H,4-5,11-14H2,1H3,(H,28,37)(H2,29,30,31,32,33,34). The smallest absolute Gasteiger partial charge is 0.234 e. The molecule has 6 rings (SSSR count). The largest absolute Gasteiger partial charge is 0.367 e. The second-order valence-electron chi connectivity index (χ2n) is 9.38. The lowest BCUT2D eigenvalue weighted by molar-refractivity contribution is -0.117. The van der Waals surface area contributed by atoms with Crippen LogP contribution >= 0.6 is 11.8 Å². The summed E-state index contributed by atoms with van der Waals surface area (Å²) in [6.45, 7) is 5.18. The summed E-state index contributed by atoms with van der Waals surface area (Å²) < 4.78 is 0. The zero-order chi connectivity index (χ0) is 25.9. The Hall–Kier alpha value is -4.19. The second-order valence-corrected chi connectivity index (χ2v) is 10.4. The number of pyridine rings is 1. The minimum Gasteiger partial charge on any atom is -0.367 e. The molecule has 1 saturated carbocycles. The fraction of sp³-hybridized carbons (Fsp3) is 0.308. The van der Waals surface area contributed by atoms with Crippen LogP contribution in [0.5, 0.6) is 0 Å². The number of aromatic nitrogens is 6. The van der Waals surface area contributed by atoms with E-state index < -0.39 is 0 Å². The van der Waals surface area contributed by atoms with Crippen LogP contribution in [0.25, 0.3) is 0 Å². The summed E-state index contributed by atoms with van der Waals surface area (Å²) in [5.74, 6) is 1.97. The molecule has 4 heterocycles. The Morgan fingerprint density at radius 2 is 1.82 bits per heavy atom. The quantitative estimate of drug-likeness (QED) is 0.310. The summed E-state index contributed by atoms with van der Waals surface area (Å²) in [7, 11) is 0. The number of aryl methyl sites for hydroxylation is 1. The number of amides is 1. The molecule has 11 nitrogen and oxygen atoms in total. The Morgan fingerprint density at radius 1 is 1.03 bits per heavy atom. The summed E-state index contributed by atoms with van der Waals surface area (Å²) in [6, 6.07) is 13.7. The first-order valence-electron chi connectivity index (χ1n) is 12.6. The molecule has 12 heteroatoms. The normalized spacial score (nSPS) is 15.4. The number of piperazine rings is 1. The van der Waals surface area contributed by atoms with Crippen molar-refractivity contribution in [1.82, 2.24) is 30.1 Å². The van der Waals surface area contributed by atoms with Gasteiger partial charge in [0.15, 0.2) is 11.0 Å². The van der Waals surface area contributed by atoms with Crippen LogP contribution in [0.4, 0.5) is 29.1 Å². The van der Waals surface area contributed by atoms with Crippen molar-refractivity contribution in [2.75, 3.05) is 46.6 Å². The molecule has 0 unspecified atom stereocenters. The first kappa shape index (κ1) is 24.2. The molecular weight excluding hydrogens is 500 g/mol. The highest BCUT2D eigenvalue weighted by Crippen LogP contribution is 2.32. The molecule has 3 aromatic heterocycles. The van der Waals surface area contributed by atoms with Crippen molar-refractivity contribution in [3.8, 4) is 0 Å². The van der Waals surface area contributed by atoms with Gasteiger partial charge in [-0.3, -0.25) is 14.9 Å². The molecule has 1 aliphatic heterocycles. The molecule has 1 aromatic carbocycles. The SMILES string of the molecule is Cc1cc(Nc2nc(Sc3ccc(NC(=O)C4CC4)cc3)nc(N3CCN(c4cccnc4)CC3)n2)n[nH]1. The van der Waals surface area contributed by atoms with Gasteiger partial charge in [0.05, 0.1) is 11.9 Å². The molecule has 2 aliphatic rings. The fourth-order valence-electron chi connectivity index (χ4n) is 4.19. The van der Waals surface area contributed by atoms with Crippen molar-refractivity contribution in [2.45, 2.75) is 29.8 Å². The van der Waals surface area contributed by atoms with Gasteiger partial charge in [0.25, 0.3) is 0 Å². The van der Waals surface area contributed by atoms with Crippen LogP contribution in [0.3, 0.4) is 0 Å². The Morgan fingerprint density at radius 3 is 2.50 bits per heavy atom. The summed E-state index contributed by atoms with van der Waals surface area (Å²) in [4.78, 5) is 35.9. The number of carbonyl (C=O) groups excluding carboxylic acids is 1. The maximum atomic E-state index is 12.1. The van der Waals surface area contributed by atoms with E-state index in [9.17, 15) is 4.79 Å². The topological polar surface area (TPSA) is 128 Å². The van der Waals surface area contributed by atoms with Crippen molar-refractivity contribution in [3.63, 3.8) is 0 Å². The maximum Gasteiger partial charge on any atom is 0.234 e. The minimum absolute atomic E-state index is 0.0976. The average Bonchev–Trinajstić information content (AvgIpc) is 3.72. The number of nitrogens with zero attached hydrogens (tertiary/aromatic N) is 7. The van der Waals surface area contributed by atoms with Gasteiger partial charge in [-0.1, -0.05) is 0 Å². The van der Waals surface area contributed by atoms with Gasteiger partial charge in [-0.2, -0.15) is 20.1 Å². The number of rotatable bonds is 8. The molecule has 2 fully saturated rings. The Balaban J connectivity index is 1.19. The average molecular weight is 529 g/mol. The summed E-state index contributed by atoms with van der Waals surface area (Å²) in [5, 5.41) is 13.9. The van der Waals surface area contributed by atoms with Crippen molar-refractivity contribution in [1.29, 1.82) is 0 Å². The fourth-order valence-corrected chi connectivity index (χ4v) is 4.93. The Labute approximate surface area is 224 Å². The van der Waals surface area contributed by atoms with E-state index >= 15 is 0 Å². The highest BCUT2D eigenvalue weighted by Gasteiger charge is 2.29. The number of anilines is 5. The number of benzene rings is 1. The van der Waals surface area contributed by atoms with Crippen molar-refractivity contribution >= 4 is 46.8 Å². The van der Waals surface area contributed by atoms with Gasteiger partial charge in [-0.05, 0) is 67.9 Å². The third-order valence-electron chi connectivity index (χ3n) is 6.40. The van der Waals surface area contributed by atoms with Gasteiger partial charge in [0.1, 0.15) is 0 Å². The summed E-state index contributed by atoms with van der Waals surface area (Å²) >= 11 is 1.45. The molecule has 194 valence electrons. The van der Waals surface area contributed by atoms with Crippen molar-refractivity contribution in [3.05, 3.63) is 60.6 Å². The highest BCUT2D eigenvalue weighted by atomic mass is 32.2. The first-order valence-corrected chi connectivity index (χ1v) is 13.4. The zero-order valence-electron chi connectivity index (χ0n) is 21.0. The van der Waals surface area contributed by atoms with Gasteiger partial charge in [-0.25, -0.2) is 0 Å². The van der Waals surface area contributed by atoms with Crippen molar-refractivity contribution in [2.24, 2.45) is 5.92 Å². The van der Waals surface area contributed by atoms with Gasteiger partial charge in [0, 0.05) is 60.6 Å². The van der Waals surface area contributed by atoms with Crippen LogP contribution < -0.4 is 20.4 Å². The predicted octanol–water partition coefficient (Wildman–Crippen LogP) is 3.87. The maximum absolute atomic E-state index is 12.1. The van der Waals surface area contributed by atoms with Crippen LogP contribution in [0.1, 0.15) is 18.5 Å². The zero-order valence-corrected chi connectivity index (χ0v) is 21.8. The number of hydrogen-bond donors (Lipinski definition) is 3. The number of carbonyl (C=O) groups is 1. The predicted molar refractivity (Wildman–Crippen MR) is 147 cm³/mol. The monoisotopic (exact) mass is 528 g/mol. The first-order chi connectivity index (χ1) is 18.6. The van der Waals surface area contributed by atoms with E-state index in [4.69, 9.17) is 9.97 Å². The number of H-pyrrole nitrogens is 1. The molecular formula is C26H28N10OS. The van der Waals surface area contributed by atoms with Crippen LogP contribution in [0, 0.1) is 12.8 Å². The Kier molecular flexibility index (Phi) is 6.78.